The summed E-state index contributed by atoms with van der Waals surface area (Å²) in [5.41, 5.74) is 2.08. The molecule has 136 valence electrons. The second-order valence-electron chi connectivity index (χ2n) is 7.14. The van der Waals surface area contributed by atoms with E-state index in [2.05, 4.69) is 0 Å². The van der Waals surface area contributed by atoms with Gasteiger partial charge in [0, 0.05) is 12.1 Å². The summed E-state index contributed by atoms with van der Waals surface area (Å²) < 4.78 is 33.8. The van der Waals surface area contributed by atoms with Crippen LogP contribution in [0.1, 0.15) is 39.9 Å². The number of nitrogens with zero attached hydrogens (tertiary/aromatic N) is 1. The Kier molecular flexibility index (Phi) is 3.93. The fourth-order valence-electron chi connectivity index (χ4n) is 3.96. The first-order chi connectivity index (χ1) is 12.3. The van der Waals surface area contributed by atoms with Crippen LogP contribution in [0.2, 0.25) is 0 Å². The van der Waals surface area contributed by atoms with Crippen LogP contribution in [-0.2, 0) is 20.4 Å². The van der Waals surface area contributed by atoms with Gasteiger partial charge in [-0.1, -0.05) is 30.3 Å². The highest BCUT2D eigenvalue weighted by molar-refractivity contribution is 7.89. The van der Waals surface area contributed by atoms with Gasteiger partial charge in [-0.25, -0.2) is 13.2 Å². The van der Waals surface area contributed by atoms with Gasteiger partial charge in [0.15, 0.2) is 5.60 Å². The number of esters is 1. The monoisotopic (exact) mass is 371 g/mol. The summed E-state index contributed by atoms with van der Waals surface area (Å²) in [4.78, 5) is 12.6. The topological polar surface area (TPSA) is 63.7 Å². The van der Waals surface area contributed by atoms with Gasteiger partial charge in [-0.05, 0) is 49.9 Å². The molecule has 1 spiro atoms. The number of hydrogen-bond acceptors (Lipinski definition) is 4. The molecule has 0 aromatic heterocycles. The molecule has 0 bridgehead atoms. The lowest BCUT2D eigenvalue weighted by atomic mass is 9.86. The van der Waals surface area contributed by atoms with Crippen molar-refractivity contribution in [3.63, 3.8) is 0 Å². The number of benzene rings is 2. The SMILES string of the molecule is Cc1ccc(C)c(S(=O)(=O)N2CCCC3(C2)OC(=O)c2ccccc23)c1. The third-order valence-electron chi connectivity index (χ3n) is 5.31. The molecule has 2 aliphatic rings. The predicted molar refractivity (Wildman–Crippen MR) is 97.4 cm³/mol. The quantitative estimate of drug-likeness (QED) is 0.761. The van der Waals surface area contributed by atoms with Crippen LogP contribution in [0.5, 0.6) is 0 Å². The van der Waals surface area contributed by atoms with Crippen molar-refractivity contribution in [2.24, 2.45) is 0 Å². The van der Waals surface area contributed by atoms with Crippen LogP contribution in [-0.4, -0.2) is 31.8 Å². The zero-order valence-corrected chi connectivity index (χ0v) is 15.7. The van der Waals surface area contributed by atoms with Gasteiger partial charge < -0.3 is 4.74 Å². The smallest absolute Gasteiger partial charge is 0.339 e. The summed E-state index contributed by atoms with van der Waals surface area (Å²) in [6, 6.07) is 12.7. The summed E-state index contributed by atoms with van der Waals surface area (Å²) in [6.45, 7) is 4.27. The first-order valence-electron chi connectivity index (χ1n) is 8.74. The average Bonchev–Trinajstić information content (AvgIpc) is 2.89. The van der Waals surface area contributed by atoms with E-state index in [1.165, 1.54) is 4.31 Å². The van der Waals surface area contributed by atoms with E-state index in [0.29, 0.717) is 29.8 Å². The maximum absolute atomic E-state index is 13.3. The lowest BCUT2D eigenvalue weighted by molar-refractivity contribution is -0.0345. The van der Waals surface area contributed by atoms with E-state index >= 15 is 0 Å². The molecule has 1 fully saturated rings. The molecule has 0 amide bonds. The van der Waals surface area contributed by atoms with Crippen molar-refractivity contribution in [3.05, 3.63) is 64.7 Å². The van der Waals surface area contributed by atoms with Crippen LogP contribution >= 0.6 is 0 Å². The van der Waals surface area contributed by atoms with Crippen LogP contribution in [0.15, 0.2) is 47.4 Å². The Balaban J connectivity index is 1.74. The van der Waals surface area contributed by atoms with Gasteiger partial charge in [0.25, 0.3) is 0 Å². The van der Waals surface area contributed by atoms with E-state index < -0.39 is 15.6 Å². The first-order valence-corrected chi connectivity index (χ1v) is 10.2. The fraction of sp³-hybridized carbons (Fsp3) is 0.350. The van der Waals surface area contributed by atoms with Crippen molar-refractivity contribution in [2.45, 2.75) is 37.2 Å². The fourth-order valence-corrected chi connectivity index (χ4v) is 5.80. The Morgan fingerprint density at radius 1 is 1.12 bits per heavy atom. The molecule has 6 heteroatoms. The number of carbonyl (C=O) groups is 1. The van der Waals surface area contributed by atoms with E-state index in [1.54, 1.807) is 25.1 Å². The normalized spacial score (nSPS) is 23.1. The molecule has 26 heavy (non-hydrogen) atoms. The van der Waals surface area contributed by atoms with Gasteiger partial charge in [-0.3, -0.25) is 0 Å². The number of ether oxygens (including phenoxy) is 1. The van der Waals surface area contributed by atoms with Crippen molar-refractivity contribution in [2.75, 3.05) is 13.1 Å². The molecule has 4 rings (SSSR count). The largest absolute Gasteiger partial charge is 0.449 e. The first kappa shape index (κ1) is 17.2. The lowest BCUT2D eigenvalue weighted by Gasteiger charge is -2.39. The minimum Gasteiger partial charge on any atom is -0.449 e. The van der Waals surface area contributed by atoms with E-state index in [9.17, 15) is 13.2 Å². The molecule has 2 heterocycles. The minimum atomic E-state index is -3.66. The number of aryl methyl sites for hydroxylation is 2. The molecule has 1 atom stereocenters. The molecule has 1 unspecified atom stereocenters. The molecule has 0 saturated carbocycles. The zero-order valence-electron chi connectivity index (χ0n) is 14.9. The second-order valence-corrected chi connectivity index (χ2v) is 9.05. The Bertz CT molecular complexity index is 999. The Morgan fingerprint density at radius 2 is 1.88 bits per heavy atom. The Morgan fingerprint density at radius 3 is 2.69 bits per heavy atom. The van der Waals surface area contributed by atoms with Crippen LogP contribution < -0.4 is 0 Å². The standard InChI is InChI=1S/C20H21NO4S/c1-14-8-9-15(2)18(12-14)26(23,24)21-11-5-10-20(13-21)17-7-4-3-6-16(17)19(22)25-20/h3-4,6-9,12H,5,10-11,13H2,1-2H3. The highest BCUT2D eigenvalue weighted by Crippen LogP contribution is 2.43. The number of hydrogen-bond donors (Lipinski definition) is 0. The third-order valence-corrected chi connectivity index (χ3v) is 7.29. The van der Waals surface area contributed by atoms with Crippen molar-refractivity contribution in [1.29, 1.82) is 0 Å². The van der Waals surface area contributed by atoms with Gasteiger partial charge in [0.2, 0.25) is 10.0 Å². The van der Waals surface area contributed by atoms with Crippen molar-refractivity contribution in [1.82, 2.24) is 4.31 Å². The van der Waals surface area contributed by atoms with E-state index in [-0.39, 0.29) is 12.5 Å². The molecule has 1 saturated heterocycles. The summed E-state index contributed by atoms with van der Waals surface area (Å²) in [5, 5.41) is 0. The van der Waals surface area contributed by atoms with Crippen LogP contribution in [0.3, 0.4) is 0 Å². The molecule has 2 aliphatic heterocycles. The molecule has 2 aromatic rings. The predicted octanol–water partition coefficient (Wildman–Crippen LogP) is 3.15. The van der Waals surface area contributed by atoms with Crippen molar-refractivity contribution >= 4 is 16.0 Å². The average molecular weight is 371 g/mol. The van der Waals surface area contributed by atoms with Gasteiger partial charge in [-0.2, -0.15) is 4.31 Å². The van der Waals surface area contributed by atoms with Crippen molar-refractivity contribution < 1.29 is 17.9 Å². The lowest BCUT2D eigenvalue weighted by Crippen LogP contribution is -2.48. The third kappa shape index (κ3) is 2.56. The minimum absolute atomic E-state index is 0.158. The molecule has 0 N–H and O–H groups in total. The number of fused-ring (bicyclic) bond motifs is 2. The van der Waals surface area contributed by atoms with Crippen molar-refractivity contribution in [3.8, 4) is 0 Å². The maximum atomic E-state index is 13.3. The molecule has 2 aromatic carbocycles. The molecule has 0 aliphatic carbocycles. The molecular weight excluding hydrogens is 350 g/mol. The Hall–Kier alpha value is -2.18. The van der Waals surface area contributed by atoms with Crippen LogP contribution in [0.25, 0.3) is 0 Å². The highest BCUT2D eigenvalue weighted by atomic mass is 32.2. The molecule has 5 nitrogen and oxygen atoms in total. The number of carbonyl (C=O) groups excluding carboxylic acids is 1. The zero-order chi connectivity index (χ0) is 18.5. The Labute approximate surface area is 153 Å². The summed E-state index contributed by atoms with van der Waals surface area (Å²) in [6.07, 6.45) is 1.28. The second kappa shape index (κ2) is 5.93. The van der Waals surface area contributed by atoms with Gasteiger partial charge in [-0.15, -0.1) is 0 Å². The van der Waals surface area contributed by atoms with E-state index in [4.69, 9.17) is 4.74 Å². The number of sulfonamides is 1. The summed E-state index contributed by atoms with van der Waals surface area (Å²) in [7, 11) is -3.66. The van der Waals surface area contributed by atoms with Crippen LogP contribution in [0.4, 0.5) is 0 Å². The highest BCUT2D eigenvalue weighted by Gasteiger charge is 2.50. The number of rotatable bonds is 2. The molecule has 0 radical (unpaired) electrons. The maximum Gasteiger partial charge on any atom is 0.339 e. The molecular formula is C20H21NO4S. The van der Waals surface area contributed by atoms with Gasteiger partial charge in [0.05, 0.1) is 17.0 Å². The summed E-state index contributed by atoms with van der Waals surface area (Å²) in [5.74, 6) is -0.369. The van der Waals surface area contributed by atoms with Crippen LogP contribution in [0, 0.1) is 13.8 Å². The number of piperidine rings is 1. The van der Waals surface area contributed by atoms with E-state index in [0.717, 1.165) is 16.7 Å². The summed E-state index contributed by atoms with van der Waals surface area (Å²) >= 11 is 0. The van der Waals surface area contributed by atoms with E-state index in [1.807, 2.05) is 31.2 Å². The van der Waals surface area contributed by atoms with Gasteiger partial charge >= 0.3 is 5.97 Å². The van der Waals surface area contributed by atoms with Gasteiger partial charge in [0.1, 0.15) is 0 Å².